The summed E-state index contributed by atoms with van der Waals surface area (Å²) in [6.45, 7) is 1.63. The van der Waals surface area contributed by atoms with Crippen LogP contribution in [0.2, 0.25) is 0 Å². The van der Waals surface area contributed by atoms with Crippen LogP contribution in [0.4, 0.5) is 13.2 Å². The van der Waals surface area contributed by atoms with Crippen LogP contribution in [-0.2, 0) is 11.2 Å². The Labute approximate surface area is 186 Å². The first kappa shape index (κ1) is 21.5. The van der Waals surface area contributed by atoms with Crippen LogP contribution in [-0.4, -0.2) is 11.4 Å². The van der Waals surface area contributed by atoms with Crippen LogP contribution in [0.15, 0.2) is 30.3 Å². The van der Waals surface area contributed by atoms with E-state index in [1.165, 1.54) is 18.2 Å². The van der Waals surface area contributed by atoms with Crippen molar-refractivity contribution in [1.29, 1.82) is 0 Å². The van der Waals surface area contributed by atoms with Gasteiger partial charge in [-0.25, -0.2) is 18.6 Å². The van der Waals surface area contributed by atoms with Crippen molar-refractivity contribution < 1.29 is 18.0 Å². The lowest BCUT2D eigenvalue weighted by molar-refractivity contribution is -0.132. The molecule has 1 saturated heterocycles. The number of aryl methyl sites for hydroxylation is 1. The molecule has 1 heterocycles. The molecule has 3 aliphatic rings. The Morgan fingerprint density at radius 2 is 1.62 bits per heavy atom. The van der Waals surface area contributed by atoms with Crippen LogP contribution in [0.25, 0.3) is 11.1 Å². The minimum absolute atomic E-state index is 0.0843. The van der Waals surface area contributed by atoms with Gasteiger partial charge in [0.05, 0.1) is 0 Å². The Bertz CT molecular complexity index is 1020. The maximum atomic E-state index is 14.9. The van der Waals surface area contributed by atoms with Gasteiger partial charge >= 0.3 is 0 Å². The SMILES string of the molecule is Cc1cc(-c2cc(F)c(CC3CCC4(CC3)CC(C3CC3)C(=O)NN4)c(F)c2)ccc1F. The highest BCUT2D eigenvalue weighted by atomic mass is 19.1. The minimum atomic E-state index is -0.542. The van der Waals surface area contributed by atoms with E-state index >= 15 is 0 Å². The molecule has 170 valence electrons. The first-order chi connectivity index (χ1) is 15.3. The van der Waals surface area contributed by atoms with E-state index in [1.54, 1.807) is 19.1 Å². The Morgan fingerprint density at radius 3 is 2.25 bits per heavy atom. The minimum Gasteiger partial charge on any atom is -0.291 e. The topological polar surface area (TPSA) is 41.1 Å². The summed E-state index contributed by atoms with van der Waals surface area (Å²) in [6, 6.07) is 7.18. The Kier molecular flexibility index (Phi) is 5.52. The highest BCUT2D eigenvalue weighted by Gasteiger charge is 2.47. The van der Waals surface area contributed by atoms with Gasteiger partial charge in [-0.3, -0.25) is 10.2 Å². The van der Waals surface area contributed by atoms with Gasteiger partial charge in [-0.15, -0.1) is 0 Å². The molecule has 2 saturated carbocycles. The van der Waals surface area contributed by atoms with Crippen molar-refractivity contribution in [3.05, 3.63) is 58.9 Å². The largest absolute Gasteiger partial charge is 0.291 e. The maximum absolute atomic E-state index is 14.9. The fourth-order valence-electron chi connectivity index (χ4n) is 5.57. The molecule has 0 radical (unpaired) electrons. The lowest BCUT2D eigenvalue weighted by atomic mass is 9.69. The number of nitrogens with one attached hydrogen (secondary N) is 2. The molecule has 3 nitrogen and oxygen atoms in total. The van der Waals surface area contributed by atoms with Gasteiger partial charge in [0.25, 0.3) is 0 Å². The summed E-state index contributed by atoms with van der Waals surface area (Å²) in [7, 11) is 0. The standard InChI is InChI=1S/C26H29F3N2O/c1-15-10-18(4-5-22(15)27)19-12-23(28)20(24(29)13-19)11-16-6-8-26(9-7-16)14-21(17-2-3-17)25(32)30-31-26/h4-5,10,12-13,16-17,21,31H,2-3,6-9,11,14H2,1H3,(H,30,32). The third kappa shape index (κ3) is 4.17. The van der Waals surface area contributed by atoms with Gasteiger partial charge in [-0.1, -0.05) is 6.07 Å². The molecule has 0 bridgehead atoms. The summed E-state index contributed by atoms with van der Waals surface area (Å²) in [4.78, 5) is 12.2. The summed E-state index contributed by atoms with van der Waals surface area (Å²) >= 11 is 0. The molecule has 1 atom stereocenters. The van der Waals surface area contributed by atoms with Crippen LogP contribution in [0.3, 0.4) is 0 Å². The number of rotatable bonds is 4. The van der Waals surface area contributed by atoms with E-state index in [0.29, 0.717) is 29.0 Å². The molecule has 1 spiro atoms. The molecule has 1 unspecified atom stereocenters. The van der Waals surface area contributed by atoms with Crippen LogP contribution < -0.4 is 10.9 Å². The monoisotopic (exact) mass is 442 g/mol. The summed E-state index contributed by atoms with van der Waals surface area (Å²) in [5, 5.41) is 0. The number of benzene rings is 2. The number of hydrogen-bond acceptors (Lipinski definition) is 2. The molecular formula is C26H29F3N2O. The molecule has 3 fully saturated rings. The third-order valence-electron chi connectivity index (χ3n) is 7.78. The number of carbonyl (C=O) groups is 1. The summed E-state index contributed by atoms with van der Waals surface area (Å²) in [6.07, 6.45) is 7.07. The molecule has 0 aromatic heterocycles. The Hall–Kier alpha value is -2.34. The summed E-state index contributed by atoms with van der Waals surface area (Å²) < 4.78 is 43.3. The fourth-order valence-corrected chi connectivity index (χ4v) is 5.57. The number of carbonyl (C=O) groups excluding carboxylic acids is 1. The van der Waals surface area contributed by atoms with Gasteiger partial charge < -0.3 is 0 Å². The second-order valence-corrected chi connectivity index (χ2v) is 10.1. The third-order valence-corrected chi connectivity index (χ3v) is 7.78. The lowest BCUT2D eigenvalue weighted by Crippen LogP contribution is -2.63. The second-order valence-electron chi connectivity index (χ2n) is 10.1. The number of halogens is 3. The van der Waals surface area contributed by atoms with Gasteiger partial charge in [0.1, 0.15) is 17.5 Å². The first-order valence-electron chi connectivity index (χ1n) is 11.6. The molecule has 1 aliphatic heterocycles. The average molecular weight is 443 g/mol. The highest BCUT2D eigenvalue weighted by Crippen LogP contribution is 2.46. The van der Waals surface area contributed by atoms with Gasteiger partial charge in [-0.2, -0.15) is 0 Å². The zero-order chi connectivity index (χ0) is 22.5. The van der Waals surface area contributed by atoms with Gasteiger partial charge in [-0.05, 0) is 111 Å². The molecule has 2 aromatic carbocycles. The van der Waals surface area contributed by atoms with Crippen LogP contribution in [0.1, 0.15) is 56.1 Å². The van der Waals surface area contributed by atoms with Crippen LogP contribution in [0, 0.1) is 42.1 Å². The van der Waals surface area contributed by atoms with E-state index in [1.807, 2.05) is 0 Å². The Balaban J connectivity index is 1.26. The van der Waals surface area contributed by atoms with E-state index in [-0.39, 0.29) is 34.7 Å². The quantitative estimate of drug-likeness (QED) is 0.647. The highest BCUT2D eigenvalue weighted by molar-refractivity contribution is 5.79. The van der Waals surface area contributed by atoms with Crippen molar-refractivity contribution in [3.63, 3.8) is 0 Å². The van der Waals surface area contributed by atoms with Gasteiger partial charge in [0, 0.05) is 17.0 Å². The predicted molar refractivity (Wildman–Crippen MR) is 117 cm³/mol. The van der Waals surface area contributed by atoms with E-state index in [4.69, 9.17) is 0 Å². The first-order valence-corrected chi connectivity index (χ1v) is 11.6. The van der Waals surface area contributed by atoms with E-state index in [9.17, 15) is 18.0 Å². The van der Waals surface area contributed by atoms with Crippen molar-refractivity contribution in [2.75, 3.05) is 0 Å². The van der Waals surface area contributed by atoms with E-state index in [2.05, 4.69) is 10.9 Å². The molecule has 1 amide bonds. The van der Waals surface area contributed by atoms with Crippen molar-refractivity contribution in [2.45, 2.75) is 63.8 Å². The zero-order valence-corrected chi connectivity index (χ0v) is 18.3. The molecule has 2 aromatic rings. The van der Waals surface area contributed by atoms with E-state index in [0.717, 1.165) is 44.9 Å². The van der Waals surface area contributed by atoms with Crippen molar-refractivity contribution >= 4 is 5.91 Å². The molecule has 2 aliphatic carbocycles. The van der Waals surface area contributed by atoms with Crippen molar-refractivity contribution in [3.8, 4) is 11.1 Å². The Morgan fingerprint density at radius 1 is 0.938 bits per heavy atom. The lowest BCUT2D eigenvalue weighted by Gasteiger charge is -2.46. The van der Waals surface area contributed by atoms with Crippen LogP contribution >= 0.6 is 0 Å². The molecule has 6 heteroatoms. The zero-order valence-electron chi connectivity index (χ0n) is 18.3. The van der Waals surface area contributed by atoms with Crippen LogP contribution in [0.5, 0.6) is 0 Å². The molecule has 32 heavy (non-hydrogen) atoms. The van der Waals surface area contributed by atoms with Gasteiger partial charge in [0.2, 0.25) is 5.91 Å². The summed E-state index contributed by atoms with van der Waals surface area (Å²) in [5.41, 5.74) is 7.67. The average Bonchev–Trinajstić information content (AvgIpc) is 3.61. The predicted octanol–water partition coefficient (Wildman–Crippen LogP) is 5.60. The maximum Gasteiger partial charge on any atom is 0.237 e. The van der Waals surface area contributed by atoms with Crippen molar-refractivity contribution in [2.24, 2.45) is 17.8 Å². The van der Waals surface area contributed by atoms with Crippen molar-refractivity contribution in [1.82, 2.24) is 10.9 Å². The van der Waals surface area contributed by atoms with E-state index < -0.39 is 11.6 Å². The smallest absolute Gasteiger partial charge is 0.237 e. The molecule has 2 N–H and O–H groups in total. The fraction of sp³-hybridized carbons (Fsp3) is 0.500. The molecular weight excluding hydrogens is 413 g/mol. The normalized spacial score (nSPS) is 28.1. The molecule has 5 rings (SSSR count). The van der Waals surface area contributed by atoms with Gasteiger partial charge in [0.15, 0.2) is 0 Å². The summed E-state index contributed by atoms with van der Waals surface area (Å²) in [5.74, 6) is -0.470. The number of amides is 1. The number of hydrazine groups is 1. The number of hydrogen-bond donors (Lipinski definition) is 2. The second kappa shape index (κ2) is 8.22.